The van der Waals surface area contributed by atoms with Crippen LogP contribution in [0.1, 0.15) is 236 Å². The lowest BCUT2D eigenvalue weighted by Gasteiger charge is -2.58. The average molecular weight is 1020 g/mol. The molecule has 0 aromatic heterocycles. The Kier molecular flexibility index (Phi) is 17.9. The second-order valence-corrected chi connectivity index (χ2v) is 28.6. The molecule has 1 aromatic carbocycles. The van der Waals surface area contributed by atoms with Gasteiger partial charge in [-0.2, -0.15) is 0 Å². The normalized spacial score (nSPS) is 38.0. The van der Waals surface area contributed by atoms with E-state index in [1.165, 1.54) is 103 Å². The topological polar surface area (TPSA) is 71.1 Å². The van der Waals surface area contributed by atoms with Gasteiger partial charge in [0, 0.05) is 25.7 Å². The van der Waals surface area contributed by atoms with Crippen LogP contribution >= 0.6 is 0 Å². The zero-order valence-corrected chi connectivity index (χ0v) is 48.8. The molecule has 0 radical (unpaired) electrons. The van der Waals surface area contributed by atoms with E-state index in [0.717, 1.165) is 110 Å². The lowest BCUT2D eigenvalue weighted by molar-refractivity contribution is -0.152. The number of hydrogen-bond acceptors (Lipinski definition) is 6. The molecule has 0 amide bonds. The second-order valence-electron chi connectivity index (χ2n) is 28.6. The molecule has 0 unspecified atom stereocenters. The van der Waals surface area contributed by atoms with Crippen molar-refractivity contribution in [3.63, 3.8) is 0 Å². The summed E-state index contributed by atoms with van der Waals surface area (Å²) in [5.41, 5.74) is 4.66. The minimum absolute atomic E-state index is 0.0187. The van der Waals surface area contributed by atoms with Crippen LogP contribution in [0, 0.1) is 92.7 Å². The fourth-order valence-corrected chi connectivity index (χ4v) is 19.5. The number of esters is 2. The first-order valence-electron chi connectivity index (χ1n) is 31.6. The van der Waals surface area contributed by atoms with Crippen LogP contribution in [0.25, 0.3) is 0 Å². The number of allylic oxidation sites excluding steroid dienone is 2. The zero-order chi connectivity index (χ0) is 52.4. The average Bonchev–Trinajstić information content (AvgIpc) is 3.92. The Labute approximate surface area is 451 Å². The van der Waals surface area contributed by atoms with Gasteiger partial charge in [0.1, 0.15) is 12.2 Å². The predicted molar refractivity (Wildman–Crippen MR) is 302 cm³/mol. The van der Waals surface area contributed by atoms with Crippen molar-refractivity contribution in [3.8, 4) is 11.5 Å². The molecule has 9 rings (SSSR count). The maximum absolute atomic E-state index is 13.2. The summed E-state index contributed by atoms with van der Waals surface area (Å²) in [7, 11) is 0. The lowest BCUT2D eigenvalue weighted by Crippen LogP contribution is -2.51. The number of carbonyl (C=O) groups excluding carboxylic acids is 2. The molecule has 1 aromatic rings. The van der Waals surface area contributed by atoms with Gasteiger partial charge < -0.3 is 18.9 Å². The van der Waals surface area contributed by atoms with Gasteiger partial charge in [0.25, 0.3) is 0 Å². The van der Waals surface area contributed by atoms with Crippen molar-refractivity contribution in [2.24, 2.45) is 92.7 Å². The van der Waals surface area contributed by atoms with Crippen LogP contribution in [0.3, 0.4) is 0 Å². The zero-order valence-electron chi connectivity index (χ0n) is 48.8. The SMILES string of the molecule is CC(C)CCC[C@@H](C)[C@H]1CC[C@H]2[C@@H]3CC=C4C[C@@H](OC(=O)CCCOc5ccccc5OCCCC(=O)O[C@H]5CC[C@@]6(C)C(=CC[C@H]7[C@@H]8CC[C@H]([C@H](C)CCCC(C)C)[C@@]8(C)CC[C@@H]76)C5)CC[C@]4(C)[C@H]3CC[C@]12C. The van der Waals surface area contributed by atoms with Crippen LogP contribution in [-0.2, 0) is 19.1 Å². The summed E-state index contributed by atoms with van der Waals surface area (Å²) < 4.78 is 24.7. The Balaban J connectivity index is 0.666. The van der Waals surface area contributed by atoms with E-state index in [2.05, 4.69) is 81.4 Å². The fourth-order valence-electron chi connectivity index (χ4n) is 19.5. The van der Waals surface area contributed by atoms with E-state index in [1.807, 2.05) is 24.3 Å². The van der Waals surface area contributed by atoms with Crippen LogP contribution in [0.4, 0.5) is 0 Å². The second kappa shape index (κ2) is 23.7. The first kappa shape index (κ1) is 56.0. The highest BCUT2D eigenvalue weighted by molar-refractivity contribution is 5.70. The highest BCUT2D eigenvalue weighted by atomic mass is 16.5. The number of para-hydroxylation sites is 2. The van der Waals surface area contributed by atoms with Crippen LogP contribution in [0.2, 0.25) is 0 Å². The fraction of sp³-hybridized carbons (Fsp3) is 0.824. The van der Waals surface area contributed by atoms with Crippen LogP contribution < -0.4 is 9.47 Å². The summed E-state index contributed by atoms with van der Waals surface area (Å²) in [5, 5.41) is 0. The van der Waals surface area contributed by atoms with Gasteiger partial charge in [0.15, 0.2) is 11.5 Å². The summed E-state index contributed by atoms with van der Waals surface area (Å²) in [6.07, 6.45) is 35.1. The molecule has 74 heavy (non-hydrogen) atoms. The number of hydrogen-bond donors (Lipinski definition) is 0. The van der Waals surface area contributed by atoms with E-state index in [-0.39, 0.29) is 35.0 Å². The molecule has 8 aliphatic rings. The van der Waals surface area contributed by atoms with Crippen molar-refractivity contribution >= 4 is 11.9 Å². The Hall–Kier alpha value is -2.76. The first-order valence-corrected chi connectivity index (χ1v) is 31.6. The summed E-state index contributed by atoms with van der Waals surface area (Å²) in [4.78, 5) is 26.5. The molecule has 0 bridgehead atoms. The number of ether oxygens (including phenoxy) is 4. The van der Waals surface area contributed by atoms with E-state index in [4.69, 9.17) is 18.9 Å². The van der Waals surface area contributed by atoms with Gasteiger partial charge in [-0.15, -0.1) is 0 Å². The molecular weight excluding hydrogens is 913 g/mol. The van der Waals surface area contributed by atoms with E-state index in [9.17, 15) is 9.59 Å². The highest BCUT2D eigenvalue weighted by Crippen LogP contribution is 2.69. The quantitative estimate of drug-likeness (QED) is 0.0655. The standard InChI is InChI=1S/C68H106O6/c1-45(2)17-13-19-47(5)55-29-31-57-53-27-25-49-43-51(33-37-65(49,7)59(53)35-39-67(55,57)9)73-63(69)23-15-41-71-61-21-11-12-22-62(61)72-42-16-24-64(70)74-52-34-38-66(8)50(44-52)26-28-54-58-32-30-56(48(6)20-14-18-46(3)4)68(58,10)40-36-60(54)66/h11-12,21-22,25-26,45-48,51-60H,13-20,23-24,27-44H2,1-10H3/t47-,48-,51+,52+,53+,54+,55-,56-,57+,58+,59+,60+,65+,66+,67-,68-/m1/s1. The van der Waals surface area contributed by atoms with Crippen LogP contribution in [0.15, 0.2) is 47.6 Å². The molecule has 6 saturated carbocycles. The smallest absolute Gasteiger partial charge is 0.306 e. The number of fused-ring (bicyclic) bond motifs is 10. The Morgan fingerprint density at radius 3 is 1.34 bits per heavy atom. The predicted octanol–water partition coefficient (Wildman–Crippen LogP) is 17.9. The molecule has 0 saturated heterocycles. The monoisotopic (exact) mass is 1020 g/mol. The van der Waals surface area contributed by atoms with Crippen molar-refractivity contribution in [3.05, 3.63) is 47.6 Å². The molecule has 0 heterocycles. The Morgan fingerprint density at radius 2 is 0.932 bits per heavy atom. The molecule has 414 valence electrons. The molecule has 6 heteroatoms. The third-order valence-corrected chi connectivity index (χ3v) is 23.5. The van der Waals surface area contributed by atoms with Crippen molar-refractivity contribution in [2.75, 3.05) is 13.2 Å². The summed E-state index contributed by atoms with van der Waals surface area (Å²) in [5.74, 6) is 11.1. The molecular formula is C68H106O6. The van der Waals surface area contributed by atoms with Gasteiger partial charge in [-0.1, -0.05) is 143 Å². The summed E-state index contributed by atoms with van der Waals surface area (Å²) in [6.45, 7) is 26.0. The van der Waals surface area contributed by atoms with Gasteiger partial charge in [0.2, 0.25) is 0 Å². The summed E-state index contributed by atoms with van der Waals surface area (Å²) in [6, 6.07) is 7.73. The lowest BCUT2D eigenvalue weighted by atomic mass is 9.47. The van der Waals surface area contributed by atoms with Gasteiger partial charge >= 0.3 is 11.9 Å². The van der Waals surface area contributed by atoms with Gasteiger partial charge in [-0.05, 0) is 208 Å². The largest absolute Gasteiger partial charge is 0.490 e. The van der Waals surface area contributed by atoms with Crippen molar-refractivity contribution in [1.82, 2.24) is 0 Å². The van der Waals surface area contributed by atoms with Crippen LogP contribution in [0.5, 0.6) is 11.5 Å². The molecule has 0 spiro atoms. The van der Waals surface area contributed by atoms with Gasteiger partial charge in [-0.25, -0.2) is 0 Å². The molecule has 16 atom stereocenters. The third-order valence-electron chi connectivity index (χ3n) is 23.5. The number of carbonyl (C=O) groups is 2. The molecule has 0 N–H and O–H groups in total. The maximum Gasteiger partial charge on any atom is 0.306 e. The highest BCUT2D eigenvalue weighted by Gasteiger charge is 2.61. The van der Waals surface area contributed by atoms with E-state index in [0.29, 0.717) is 61.2 Å². The van der Waals surface area contributed by atoms with Crippen molar-refractivity contribution in [2.45, 2.75) is 248 Å². The van der Waals surface area contributed by atoms with E-state index < -0.39 is 0 Å². The Bertz CT molecular complexity index is 1970. The number of benzene rings is 1. The summed E-state index contributed by atoms with van der Waals surface area (Å²) >= 11 is 0. The molecule has 6 nitrogen and oxygen atoms in total. The van der Waals surface area contributed by atoms with E-state index in [1.54, 1.807) is 11.1 Å². The van der Waals surface area contributed by atoms with Crippen LogP contribution in [-0.4, -0.2) is 37.4 Å². The van der Waals surface area contributed by atoms with Crippen molar-refractivity contribution < 1.29 is 28.5 Å². The third kappa shape index (κ3) is 11.7. The van der Waals surface area contributed by atoms with Gasteiger partial charge in [-0.3, -0.25) is 9.59 Å². The first-order chi connectivity index (χ1) is 35.4. The number of rotatable bonds is 22. The van der Waals surface area contributed by atoms with E-state index >= 15 is 0 Å². The minimum Gasteiger partial charge on any atom is -0.490 e. The van der Waals surface area contributed by atoms with Gasteiger partial charge in [0.05, 0.1) is 13.2 Å². The molecule has 8 aliphatic carbocycles. The minimum atomic E-state index is -0.112. The molecule has 0 aliphatic heterocycles. The molecule has 6 fully saturated rings. The Morgan fingerprint density at radius 1 is 0.514 bits per heavy atom. The van der Waals surface area contributed by atoms with Crippen molar-refractivity contribution in [1.29, 1.82) is 0 Å². The maximum atomic E-state index is 13.2.